The molecular formula is C23H29N9O5. The molecule has 2 fully saturated rings. The molecule has 14 nitrogen and oxygen atoms in total. The third-order valence-electron chi connectivity index (χ3n) is 6.19. The molecule has 0 aromatic carbocycles. The van der Waals surface area contributed by atoms with Crippen molar-refractivity contribution in [1.29, 1.82) is 0 Å². The Hall–Kier alpha value is -4.04. The van der Waals surface area contributed by atoms with Crippen LogP contribution in [0.25, 0.3) is 16.9 Å². The van der Waals surface area contributed by atoms with Crippen LogP contribution < -0.4 is 16.0 Å². The molecule has 14 heteroatoms. The highest BCUT2D eigenvalue weighted by molar-refractivity contribution is 5.93. The van der Waals surface area contributed by atoms with Gasteiger partial charge in [-0.3, -0.25) is 4.79 Å². The lowest BCUT2D eigenvalue weighted by Gasteiger charge is -2.30. The monoisotopic (exact) mass is 511 g/mol. The molecule has 3 N–H and O–H groups in total. The largest absolute Gasteiger partial charge is 0.527 e. The summed E-state index contributed by atoms with van der Waals surface area (Å²) in [4.78, 5) is 49.5. The Bertz CT molecular complexity index is 1250. The summed E-state index contributed by atoms with van der Waals surface area (Å²) in [5.41, 5.74) is 7.83. The van der Waals surface area contributed by atoms with Crippen molar-refractivity contribution in [2.45, 2.75) is 25.8 Å². The quantitative estimate of drug-likeness (QED) is 0.450. The number of rotatable bonds is 6. The van der Waals surface area contributed by atoms with E-state index in [1.165, 1.54) is 0 Å². The first-order chi connectivity index (χ1) is 18.0. The molecule has 3 aromatic heterocycles. The highest BCUT2D eigenvalue weighted by Crippen LogP contribution is 2.26. The van der Waals surface area contributed by atoms with Crippen LogP contribution >= 0.6 is 0 Å². The minimum absolute atomic E-state index is 0.0707. The topological polar surface area (TPSA) is 162 Å². The van der Waals surface area contributed by atoms with Gasteiger partial charge in [-0.2, -0.15) is 0 Å². The van der Waals surface area contributed by atoms with Crippen molar-refractivity contribution in [3.05, 3.63) is 30.5 Å². The molecule has 0 spiro atoms. The minimum Gasteiger partial charge on any atom is -0.433 e. The Morgan fingerprint density at radius 3 is 2.54 bits per heavy atom. The number of hydrogen-bond acceptors (Lipinski definition) is 12. The Labute approximate surface area is 212 Å². The molecular weight excluding hydrogens is 482 g/mol. The number of morpholine rings is 1. The van der Waals surface area contributed by atoms with Crippen molar-refractivity contribution < 1.29 is 23.9 Å². The maximum Gasteiger partial charge on any atom is 0.527 e. The SMILES string of the molecule is CCOC(=O)ON1CCC(NC(=O)c2cn3cc(-c4cnc(N)nc4)nc(N4CCOCC4)c3n2)CC1. The molecule has 0 bridgehead atoms. The van der Waals surface area contributed by atoms with Crippen LogP contribution in [0.1, 0.15) is 30.3 Å². The van der Waals surface area contributed by atoms with E-state index in [0.717, 1.165) is 0 Å². The standard InChI is InChI=1S/C23H29N9O5/c1-2-36-23(34)37-32-5-3-16(4-6-32)27-21(33)18-14-31-13-17(15-11-25-22(24)26-12-15)28-19(20(31)29-18)30-7-9-35-10-8-30/h11-14,16H,2-10H2,1H3,(H,27,33)(H2,24,25,26). The summed E-state index contributed by atoms with van der Waals surface area (Å²) in [5, 5.41) is 4.60. The number of nitrogens with one attached hydrogen (secondary N) is 1. The van der Waals surface area contributed by atoms with Gasteiger partial charge in [0.15, 0.2) is 11.5 Å². The third-order valence-corrected chi connectivity index (χ3v) is 6.19. The Morgan fingerprint density at radius 1 is 1.11 bits per heavy atom. The zero-order valence-electron chi connectivity index (χ0n) is 20.5. The first-order valence-electron chi connectivity index (χ1n) is 12.2. The van der Waals surface area contributed by atoms with Gasteiger partial charge in [0.05, 0.1) is 25.5 Å². The Balaban J connectivity index is 1.34. The normalized spacial score (nSPS) is 17.1. The second-order valence-corrected chi connectivity index (χ2v) is 8.69. The number of aromatic nitrogens is 5. The first-order valence-corrected chi connectivity index (χ1v) is 12.2. The molecule has 0 saturated carbocycles. The van der Waals surface area contributed by atoms with E-state index in [2.05, 4.69) is 25.2 Å². The van der Waals surface area contributed by atoms with Gasteiger partial charge in [0.25, 0.3) is 5.91 Å². The number of piperidine rings is 1. The smallest absolute Gasteiger partial charge is 0.433 e. The number of nitrogens with zero attached hydrogens (tertiary/aromatic N) is 7. The van der Waals surface area contributed by atoms with E-state index in [4.69, 9.17) is 25.0 Å². The summed E-state index contributed by atoms with van der Waals surface area (Å²) >= 11 is 0. The highest BCUT2D eigenvalue weighted by atomic mass is 16.8. The lowest BCUT2D eigenvalue weighted by molar-refractivity contribution is -0.139. The summed E-state index contributed by atoms with van der Waals surface area (Å²) in [6.45, 7) is 5.43. The summed E-state index contributed by atoms with van der Waals surface area (Å²) in [5.74, 6) is 0.554. The van der Waals surface area contributed by atoms with Gasteiger partial charge in [-0.05, 0) is 19.8 Å². The number of imidazole rings is 1. The number of nitrogens with two attached hydrogens (primary N) is 1. The minimum atomic E-state index is -0.718. The molecule has 196 valence electrons. The van der Waals surface area contributed by atoms with Crippen molar-refractivity contribution in [3.63, 3.8) is 0 Å². The highest BCUT2D eigenvalue weighted by Gasteiger charge is 2.26. The first kappa shape index (κ1) is 24.6. The van der Waals surface area contributed by atoms with Crippen LogP contribution in [0, 0.1) is 0 Å². The van der Waals surface area contributed by atoms with Crippen LogP contribution in [0.4, 0.5) is 16.6 Å². The number of fused-ring (bicyclic) bond motifs is 1. The molecule has 5 heterocycles. The number of hydrogen-bond donors (Lipinski definition) is 2. The van der Waals surface area contributed by atoms with Crippen molar-refractivity contribution in [2.24, 2.45) is 0 Å². The summed E-state index contributed by atoms with van der Waals surface area (Å²) < 4.78 is 12.1. The predicted octanol–water partition coefficient (Wildman–Crippen LogP) is 0.887. The molecule has 0 aliphatic carbocycles. The van der Waals surface area contributed by atoms with Gasteiger partial charge in [-0.1, -0.05) is 0 Å². The van der Waals surface area contributed by atoms with E-state index in [9.17, 15) is 9.59 Å². The van der Waals surface area contributed by atoms with Crippen molar-refractivity contribution in [3.8, 4) is 11.3 Å². The van der Waals surface area contributed by atoms with E-state index in [-0.39, 0.29) is 30.2 Å². The molecule has 5 rings (SSSR count). The van der Waals surface area contributed by atoms with Crippen molar-refractivity contribution in [1.82, 2.24) is 34.7 Å². The number of carbonyl (C=O) groups excluding carboxylic acids is 2. The van der Waals surface area contributed by atoms with Crippen LogP contribution in [0.3, 0.4) is 0 Å². The van der Waals surface area contributed by atoms with Crippen LogP contribution in [0.15, 0.2) is 24.8 Å². The maximum atomic E-state index is 13.1. The number of anilines is 2. The van der Waals surface area contributed by atoms with Crippen LogP contribution in [0.2, 0.25) is 0 Å². The molecule has 2 aliphatic heterocycles. The second kappa shape index (κ2) is 10.9. The van der Waals surface area contributed by atoms with Gasteiger partial charge in [0, 0.05) is 62.6 Å². The summed E-state index contributed by atoms with van der Waals surface area (Å²) in [6, 6.07) is -0.0707. The van der Waals surface area contributed by atoms with Crippen molar-refractivity contribution in [2.75, 3.05) is 56.6 Å². The summed E-state index contributed by atoms with van der Waals surface area (Å²) in [6.07, 6.45) is 7.25. The molecule has 0 unspecified atom stereocenters. The Morgan fingerprint density at radius 2 is 1.84 bits per heavy atom. The maximum absolute atomic E-state index is 13.1. The number of nitrogen functional groups attached to an aromatic ring is 1. The molecule has 0 atom stereocenters. The second-order valence-electron chi connectivity index (χ2n) is 8.69. The van der Waals surface area contributed by atoms with E-state index in [0.29, 0.717) is 75.0 Å². The van der Waals surface area contributed by atoms with Gasteiger partial charge in [-0.25, -0.2) is 24.7 Å². The van der Waals surface area contributed by atoms with Gasteiger partial charge < -0.3 is 34.7 Å². The lowest BCUT2D eigenvalue weighted by atomic mass is 10.1. The fourth-order valence-corrected chi connectivity index (χ4v) is 4.29. The molecule has 3 aromatic rings. The van der Waals surface area contributed by atoms with E-state index in [1.54, 1.807) is 41.2 Å². The summed E-state index contributed by atoms with van der Waals surface area (Å²) in [7, 11) is 0. The van der Waals surface area contributed by atoms with E-state index < -0.39 is 6.16 Å². The molecule has 0 radical (unpaired) electrons. The molecule has 2 saturated heterocycles. The average molecular weight is 512 g/mol. The number of carbonyl (C=O) groups is 2. The van der Waals surface area contributed by atoms with E-state index >= 15 is 0 Å². The lowest BCUT2D eigenvalue weighted by Crippen LogP contribution is -2.45. The fourth-order valence-electron chi connectivity index (χ4n) is 4.29. The number of amides is 1. The van der Waals surface area contributed by atoms with Crippen LogP contribution in [0.5, 0.6) is 0 Å². The van der Waals surface area contributed by atoms with E-state index in [1.807, 2.05) is 0 Å². The van der Waals surface area contributed by atoms with Gasteiger partial charge in [0.2, 0.25) is 5.95 Å². The fraction of sp³-hybridized carbons (Fsp3) is 0.478. The van der Waals surface area contributed by atoms with Crippen LogP contribution in [-0.4, -0.2) is 93.5 Å². The number of ether oxygens (including phenoxy) is 2. The van der Waals surface area contributed by atoms with Gasteiger partial charge in [-0.15, -0.1) is 5.06 Å². The Kier molecular flexibility index (Phi) is 7.28. The number of hydroxylamine groups is 2. The van der Waals surface area contributed by atoms with Gasteiger partial charge >= 0.3 is 6.16 Å². The zero-order chi connectivity index (χ0) is 25.8. The van der Waals surface area contributed by atoms with Gasteiger partial charge in [0.1, 0.15) is 5.69 Å². The predicted molar refractivity (Wildman–Crippen MR) is 132 cm³/mol. The van der Waals surface area contributed by atoms with Crippen LogP contribution in [-0.2, 0) is 14.3 Å². The average Bonchev–Trinajstić information content (AvgIpc) is 3.35. The van der Waals surface area contributed by atoms with Crippen molar-refractivity contribution >= 4 is 29.5 Å². The molecule has 1 amide bonds. The molecule has 37 heavy (non-hydrogen) atoms. The molecule has 2 aliphatic rings. The zero-order valence-corrected chi connectivity index (χ0v) is 20.5. The third kappa shape index (κ3) is 5.70.